The Balaban J connectivity index is 2.61. The maximum Gasteiger partial charge on any atom is 0.127 e. The molecule has 0 aliphatic carbocycles. The Morgan fingerprint density at radius 2 is 1.89 bits per heavy atom. The van der Waals surface area contributed by atoms with Gasteiger partial charge in [-0.25, -0.2) is 4.39 Å². The highest BCUT2D eigenvalue weighted by atomic mass is 19.1. The number of rotatable bonds is 6. The van der Waals surface area contributed by atoms with Gasteiger partial charge in [-0.3, -0.25) is 0 Å². The lowest BCUT2D eigenvalue weighted by Crippen LogP contribution is -2.35. The van der Waals surface area contributed by atoms with Gasteiger partial charge in [0.25, 0.3) is 0 Å². The molecule has 0 bridgehead atoms. The fourth-order valence-corrected chi connectivity index (χ4v) is 2.18. The minimum absolute atomic E-state index is 0.116. The van der Waals surface area contributed by atoms with Gasteiger partial charge in [-0.05, 0) is 26.0 Å². The highest BCUT2D eigenvalue weighted by Gasteiger charge is 2.19. The Kier molecular flexibility index (Phi) is 5.72. The van der Waals surface area contributed by atoms with Gasteiger partial charge >= 0.3 is 0 Å². The summed E-state index contributed by atoms with van der Waals surface area (Å²) < 4.78 is 13.6. The molecule has 3 unspecified atom stereocenters. The summed E-state index contributed by atoms with van der Waals surface area (Å²) in [5.74, 6) is -0.138. The zero-order chi connectivity index (χ0) is 13.7. The minimum Gasteiger partial charge on any atom is -0.392 e. The summed E-state index contributed by atoms with van der Waals surface area (Å²) in [6.07, 6.45) is -0.369. The predicted molar refractivity (Wildman–Crippen MR) is 71.7 cm³/mol. The Morgan fingerprint density at radius 3 is 2.44 bits per heavy atom. The van der Waals surface area contributed by atoms with Crippen molar-refractivity contribution in [2.45, 2.75) is 26.0 Å². The molecule has 3 N–H and O–H groups in total. The molecule has 0 saturated heterocycles. The summed E-state index contributed by atoms with van der Waals surface area (Å²) in [7, 11) is 1.93. The van der Waals surface area contributed by atoms with E-state index in [-0.39, 0.29) is 23.9 Å². The quantitative estimate of drug-likeness (QED) is 0.813. The number of aliphatic hydroxyl groups excluding tert-OH is 1. The average Bonchev–Trinajstić information content (AvgIpc) is 2.27. The van der Waals surface area contributed by atoms with Gasteiger partial charge < -0.3 is 15.7 Å². The molecule has 0 saturated carbocycles. The lowest BCUT2D eigenvalue weighted by molar-refractivity contribution is 0.130. The van der Waals surface area contributed by atoms with Crippen LogP contribution in [0.5, 0.6) is 0 Å². The van der Waals surface area contributed by atoms with Crippen molar-refractivity contribution in [2.24, 2.45) is 11.7 Å². The maximum absolute atomic E-state index is 13.6. The molecule has 3 atom stereocenters. The summed E-state index contributed by atoms with van der Waals surface area (Å²) >= 11 is 0. The molecule has 0 radical (unpaired) electrons. The largest absolute Gasteiger partial charge is 0.392 e. The van der Waals surface area contributed by atoms with E-state index in [0.717, 1.165) is 6.54 Å². The third kappa shape index (κ3) is 4.37. The lowest BCUT2D eigenvalue weighted by atomic mass is 9.94. The van der Waals surface area contributed by atoms with Crippen molar-refractivity contribution in [1.29, 1.82) is 0 Å². The van der Waals surface area contributed by atoms with Crippen molar-refractivity contribution in [3.05, 3.63) is 35.6 Å². The van der Waals surface area contributed by atoms with Crippen molar-refractivity contribution >= 4 is 0 Å². The molecular formula is C14H23FN2O. The second-order valence-corrected chi connectivity index (χ2v) is 5.09. The third-order valence-electron chi connectivity index (χ3n) is 3.05. The Hall–Kier alpha value is -0.970. The molecular weight excluding hydrogens is 231 g/mol. The average molecular weight is 254 g/mol. The molecule has 0 heterocycles. The second-order valence-electron chi connectivity index (χ2n) is 5.09. The molecule has 0 aliphatic heterocycles. The highest BCUT2D eigenvalue weighted by molar-refractivity contribution is 5.21. The normalized spacial score (nSPS) is 16.6. The van der Waals surface area contributed by atoms with Gasteiger partial charge in [0.15, 0.2) is 0 Å². The summed E-state index contributed by atoms with van der Waals surface area (Å²) in [4.78, 5) is 2.01. The maximum atomic E-state index is 13.6. The number of nitrogens with zero attached hydrogens (tertiary/aromatic N) is 1. The standard InChI is InChI=1S/C14H23FN2O/c1-10(8-17(3)9-11(2)18)14(16)12-6-4-5-7-13(12)15/h4-7,10-11,14,18H,8-9,16H2,1-3H3. The van der Waals surface area contributed by atoms with Gasteiger partial charge in [0, 0.05) is 24.7 Å². The summed E-state index contributed by atoms with van der Waals surface area (Å²) in [5.41, 5.74) is 6.64. The van der Waals surface area contributed by atoms with Crippen LogP contribution in [0.1, 0.15) is 25.5 Å². The highest BCUT2D eigenvalue weighted by Crippen LogP contribution is 2.22. The monoisotopic (exact) mass is 254 g/mol. The molecule has 3 nitrogen and oxygen atoms in total. The van der Waals surface area contributed by atoms with E-state index in [9.17, 15) is 9.50 Å². The second kappa shape index (κ2) is 6.83. The van der Waals surface area contributed by atoms with Crippen LogP contribution in [0.15, 0.2) is 24.3 Å². The summed E-state index contributed by atoms with van der Waals surface area (Å²) in [6.45, 7) is 5.06. The molecule has 0 spiro atoms. The molecule has 0 aliphatic rings. The molecule has 0 fully saturated rings. The van der Waals surface area contributed by atoms with Crippen molar-refractivity contribution in [2.75, 3.05) is 20.1 Å². The number of benzene rings is 1. The Morgan fingerprint density at radius 1 is 1.28 bits per heavy atom. The fraction of sp³-hybridized carbons (Fsp3) is 0.571. The topological polar surface area (TPSA) is 49.5 Å². The Bertz CT molecular complexity index is 371. The third-order valence-corrected chi connectivity index (χ3v) is 3.05. The number of hydrogen-bond donors (Lipinski definition) is 2. The minimum atomic E-state index is -0.369. The first kappa shape index (κ1) is 15.1. The van der Waals surface area contributed by atoms with Crippen LogP contribution >= 0.6 is 0 Å². The van der Waals surface area contributed by atoms with E-state index in [1.54, 1.807) is 25.1 Å². The SMILES string of the molecule is CC(O)CN(C)CC(C)C(N)c1ccccc1F. The van der Waals surface area contributed by atoms with Crippen molar-refractivity contribution in [1.82, 2.24) is 4.90 Å². The van der Waals surface area contributed by atoms with Crippen LogP contribution in [0, 0.1) is 11.7 Å². The molecule has 1 rings (SSSR count). The van der Waals surface area contributed by atoms with Gasteiger partial charge in [-0.2, -0.15) is 0 Å². The molecule has 4 heteroatoms. The van der Waals surface area contributed by atoms with Crippen molar-refractivity contribution < 1.29 is 9.50 Å². The van der Waals surface area contributed by atoms with Crippen LogP contribution in [0.3, 0.4) is 0 Å². The first-order valence-corrected chi connectivity index (χ1v) is 6.28. The first-order chi connectivity index (χ1) is 8.41. The van der Waals surface area contributed by atoms with Crippen LogP contribution < -0.4 is 5.73 Å². The molecule has 102 valence electrons. The van der Waals surface area contributed by atoms with Crippen LogP contribution in [0.25, 0.3) is 0 Å². The van der Waals surface area contributed by atoms with Crippen LogP contribution in [-0.2, 0) is 0 Å². The number of hydrogen-bond acceptors (Lipinski definition) is 3. The van der Waals surface area contributed by atoms with E-state index in [0.29, 0.717) is 12.1 Å². The zero-order valence-electron chi connectivity index (χ0n) is 11.3. The smallest absolute Gasteiger partial charge is 0.127 e. The van der Waals surface area contributed by atoms with E-state index in [1.807, 2.05) is 18.9 Å². The number of likely N-dealkylation sites (N-methyl/N-ethyl adjacent to an activating group) is 1. The van der Waals surface area contributed by atoms with E-state index in [4.69, 9.17) is 5.73 Å². The van der Waals surface area contributed by atoms with Crippen molar-refractivity contribution in [3.63, 3.8) is 0 Å². The molecule has 1 aromatic rings. The van der Waals surface area contributed by atoms with Gasteiger partial charge in [0.2, 0.25) is 0 Å². The van der Waals surface area contributed by atoms with Crippen LogP contribution in [-0.4, -0.2) is 36.2 Å². The van der Waals surface area contributed by atoms with E-state index >= 15 is 0 Å². The predicted octanol–water partition coefficient (Wildman–Crippen LogP) is 1.77. The van der Waals surface area contributed by atoms with E-state index in [1.165, 1.54) is 6.07 Å². The van der Waals surface area contributed by atoms with Crippen LogP contribution in [0.2, 0.25) is 0 Å². The number of halogens is 1. The zero-order valence-corrected chi connectivity index (χ0v) is 11.3. The van der Waals surface area contributed by atoms with Gasteiger partial charge in [-0.1, -0.05) is 25.1 Å². The molecule has 0 aromatic heterocycles. The number of aliphatic hydroxyl groups is 1. The molecule has 0 amide bonds. The van der Waals surface area contributed by atoms with Gasteiger partial charge in [0.1, 0.15) is 5.82 Å². The molecule has 1 aromatic carbocycles. The van der Waals surface area contributed by atoms with Gasteiger partial charge in [-0.15, -0.1) is 0 Å². The molecule has 18 heavy (non-hydrogen) atoms. The fourth-order valence-electron chi connectivity index (χ4n) is 2.18. The summed E-state index contributed by atoms with van der Waals surface area (Å²) in [6, 6.07) is 6.29. The van der Waals surface area contributed by atoms with Gasteiger partial charge in [0.05, 0.1) is 6.10 Å². The van der Waals surface area contributed by atoms with Crippen molar-refractivity contribution in [3.8, 4) is 0 Å². The van der Waals surface area contributed by atoms with E-state index < -0.39 is 0 Å². The summed E-state index contributed by atoms with van der Waals surface area (Å²) in [5, 5.41) is 9.30. The van der Waals surface area contributed by atoms with E-state index in [2.05, 4.69) is 0 Å². The first-order valence-electron chi connectivity index (χ1n) is 6.28. The number of nitrogens with two attached hydrogens (primary N) is 1. The van der Waals surface area contributed by atoms with Crippen LogP contribution in [0.4, 0.5) is 4.39 Å². The Labute approximate surface area is 108 Å². The lowest BCUT2D eigenvalue weighted by Gasteiger charge is -2.26.